The second-order valence-corrected chi connectivity index (χ2v) is 5.04. The van der Waals surface area contributed by atoms with Gasteiger partial charge in [0.2, 0.25) is 5.89 Å². The summed E-state index contributed by atoms with van der Waals surface area (Å²) in [5.41, 5.74) is 1.29. The molecule has 8 heteroatoms. The van der Waals surface area contributed by atoms with Crippen molar-refractivity contribution in [3.8, 4) is 0 Å². The van der Waals surface area contributed by atoms with Crippen LogP contribution >= 0.6 is 35.3 Å². The summed E-state index contributed by atoms with van der Waals surface area (Å²) >= 11 is 1.73. The Balaban J connectivity index is 0.00000200. The van der Waals surface area contributed by atoms with Crippen molar-refractivity contribution in [2.45, 2.75) is 26.9 Å². The van der Waals surface area contributed by atoms with Gasteiger partial charge in [-0.2, -0.15) is 4.98 Å². The van der Waals surface area contributed by atoms with Crippen LogP contribution in [0.1, 0.15) is 22.2 Å². The van der Waals surface area contributed by atoms with E-state index in [2.05, 4.69) is 44.1 Å². The number of thiophene rings is 1. The highest BCUT2D eigenvalue weighted by atomic mass is 127. The minimum absolute atomic E-state index is 0. The van der Waals surface area contributed by atoms with Crippen LogP contribution in [0.3, 0.4) is 0 Å². The van der Waals surface area contributed by atoms with Crippen molar-refractivity contribution in [2.75, 3.05) is 7.05 Å². The van der Waals surface area contributed by atoms with Crippen LogP contribution in [-0.4, -0.2) is 23.1 Å². The van der Waals surface area contributed by atoms with E-state index in [1.807, 2.05) is 0 Å². The molecule has 0 aromatic carbocycles. The Morgan fingerprint density at radius 3 is 2.65 bits per heavy atom. The lowest BCUT2D eigenvalue weighted by atomic mass is 10.3. The molecule has 0 saturated carbocycles. The summed E-state index contributed by atoms with van der Waals surface area (Å²) in [6.45, 7) is 5.11. The highest BCUT2D eigenvalue weighted by Gasteiger charge is 2.05. The van der Waals surface area contributed by atoms with Crippen LogP contribution in [0.15, 0.2) is 21.0 Å². The third kappa shape index (κ3) is 4.75. The highest BCUT2D eigenvalue weighted by Crippen LogP contribution is 2.14. The van der Waals surface area contributed by atoms with E-state index in [1.165, 1.54) is 10.4 Å². The topological polar surface area (TPSA) is 75.3 Å². The van der Waals surface area contributed by atoms with Crippen LogP contribution in [0, 0.1) is 13.8 Å². The van der Waals surface area contributed by atoms with Crippen molar-refractivity contribution in [3.05, 3.63) is 33.6 Å². The summed E-state index contributed by atoms with van der Waals surface area (Å²) in [5, 5.41) is 12.2. The molecule has 2 rings (SSSR count). The first-order chi connectivity index (χ1) is 9.19. The standard InChI is InChI=1S/C12H17N5OS.HI/c1-8-4-5-19-10(8)6-14-12(13-3)15-7-11-16-9(2)17-18-11;/h4-5H,6-7H2,1-3H3,(H2,13,14,15);1H. The van der Waals surface area contributed by atoms with Gasteiger partial charge in [0.25, 0.3) is 0 Å². The molecule has 0 atom stereocenters. The first kappa shape index (κ1) is 16.9. The number of halogens is 1. The molecule has 2 heterocycles. The number of hydrogen-bond acceptors (Lipinski definition) is 5. The van der Waals surface area contributed by atoms with E-state index < -0.39 is 0 Å². The Kier molecular flexibility index (Phi) is 6.93. The Labute approximate surface area is 139 Å². The van der Waals surface area contributed by atoms with Crippen LogP contribution in [0.5, 0.6) is 0 Å². The molecule has 0 aliphatic heterocycles. The molecule has 0 spiro atoms. The highest BCUT2D eigenvalue weighted by molar-refractivity contribution is 14.0. The molecule has 110 valence electrons. The van der Waals surface area contributed by atoms with Gasteiger partial charge in [0, 0.05) is 11.9 Å². The molecule has 2 aromatic heterocycles. The maximum atomic E-state index is 5.02. The fraction of sp³-hybridized carbons (Fsp3) is 0.417. The van der Waals surface area contributed by atoms with Gasteiger partial charge in [-0.05, 0) is 30.9 Å². The van der Waals surface area contributed by atoms with Gasteiger partial charge in [-0.3, -0.25) is 4.99 Å². The van der Waals surface area contributed by atoms with E-state index >= 15 is 0 Å². The van der Waals surface area contributed by atoms with Gasteiger partial charge in [0.15, 0.2) is 11.8 Å². The van der Waals surface area contributed by atoms with Gasteiger partial charge in [0.05, 0.1) is 13.1 Å². The second-order valence-electron chi connectivity index (χ2n) is 4.04. The fourth-order valence-electron chi connectivity index (χ4n) is 1.54. The van der Waals surface area contributed by atoms with Crippen LogP contribution in [-0.2, 0) is 13.1 Å². The number of aryl methyl sites for hydroxylation is 2. The molecule has 2 N–H and O–H groups in total. The van der Waals surface area contributed by atoms with Crippen molar-refractivity contribution in [3.63, 3.8) is 0 Å². The molecule has 0 unspecified atom stereocenters. The van der Waals surface area contributed by atoms with Crippen LogP contribution in [0.2, 0.25) is 0 Å². The number of nitrogens with zero attached hydrogens (tertiary/aromatic N) is 3. The molecule has 0 radical (unpaired) electrons. The molecule has 2 aromatic rings. The van der Waals surface area contributed by atoms with Crippen molar-refractivity contribution >= 4 is 41.3 Å². The lowest BCUT2D eigenvalue weighted by Crippen LogP contribution is -2.36. The van der Waals surface area contributed by atoms with Crippen molar-refractivity contribution < 1.29 is 4.52 Å². The molecule has 6 nitrogen and oxygen atoms in total. The average molecular weight is 407 g/mol. The summed E-state index contributed by atoms with van der Waals surface area (Å²) in [7, 11) is 1.73. The van der Waals surface area contributed by atoms with Crippen LogP contribution < -0.4 is 10.6 Å². The van der Waals surface area contributed by atoms with Gasteiger partial charge in [0.1, 0.15) is 0 Å². The van der Waals surface area contributed by atoms with Gasteiger partial charge in [-0.15, -0.1) is 35.3 Å². The first-order valence-corrected chi connectivity index (χ1v) is 6.83. The summed E-state index contributed by atoms with van der Waals surface area (Å²) < 4.78 is 5.02. The molecule has 0 aliphatic carbocycles. The third-order valence-corrected chi connectivity index (χ3v) is 3.61. The smallest absolute Gasteiger partial charge is 0.246 e. The van der Waals surface area contributed by atoms with E-state index in [-0.39, 0.29) is 24.0 Å². The van der Waals surface area contributed by atoms with E-state index in [0.29, 0.717) is 24.2 Å². The number of nitrogens with one attached hydrogen (secondary N) is 2. The summed E-state index contributed by atoms with van der Waals surface area (Å²) in [6.07, 6.45) is 0. The van der Waals surface area contributed by atoms with E-state index in [0.717, 1.165) is 6.54 Å². The Morgan fingerprint density at radius 1 is 1.35 bits per heavy atom. The Morgan fingerprint density at radius 2 is 2.10 bits per heavy atom. The number of rotatable bonds is 4. The second kappa shape index (κ2) is 8.20. The Bertz CT molecular complexity index is 566. The predicted molar refractivity (Wildman–Crippen MR) is 90.5 cm³/mol. The zero-order chi connectivity index (χ0) is 13.7. The molecule has 0 aliphatic rings. The number of aromatic nitrogens is 2. The lowest BCUT2D eigenvalue weighted by Gasteiger charge is -2.09. The van der Waals surface area contributed by atoms with Crippen LogP contribution in [0.25, 0.3) is 0 Å². The van der Waals surface area contributed by atoms with Gasteiger partial charge in [-0.1, -0.05) is 5.16 Å². The molecular formula is C12H18IN5OS. The molecular weight excluding hydrogens is 389 g/mol. The van der Waals surface area contributed by atoms with Crippen molar-refractivity contribution in [1.82, 2.24) is 20.8 Å². The largest absolute Gasteiger partial charge is 0.352 e. The molecule has 20 heavy (non-hydrogen) atoms. The lowest BCUT2D eigenvalue weighted by molar-refractivity contribution is 0.371. The van der Waals surface area contributed by atoms with E-state index in [1.54, 1.807) is 25.3 Å². The zero-order valence-electron chi connectivity index (χ0n) is 11.6. The van der Waals surface area contributed by atoms with Crippen LogP contribution in [0.4, 0.5) is 0 Å². The SMILES string of the molecule is CN=C(NCc1nc(C)no1)NCc1sccc1C.I. The summed E-state index contributed by atoms with van der Waals surface area (Å²) in [5.74, 6) is 1.89. The third-order valence-electron chi connectivity index (χ3n) is 2.58. The van der Waals surface area contributed by atoms with E-state index in [4.69, 9.17) is 4.52 Å². The van der Waals surface area contributed by atoms with Gasteiger partial charge < -0.3 is 15.2 Å². The predicted octanol–water partition coefficient (Wildman–Crippen LogP) is 2.23. The first-order valence-electron chi connectivity index (χ1n) is 5.95. The maximum Gasteiger partial charge on any atom is 0.246 e. The van der Waals surface area contributed by atoms with Gasteiger partial charge >= 0.3 is 0 Å². The van der Waals surface area contributed by atoms with E-state index in [9.17, 15) is 0 Å². The summed E-state index contributed by atoms with van der Waals surface area (Å²) in [6, 6.07) is 2.11. The maximum absolute atomic E-state index is 5.02. The quantitative estimate of drug-likeness (QED) is 0.462. The van der Waals surface area contributed by atoms with Crippen molar-refractivity contribution in [1.29, 1.82) is 0 Å². The molecule has 0 fully saturated rings. The molecule has 0 amide bonds. The number of hydrogen-bond donors (Lipinski definition) is 2. The summed E-state index contributed by atoms with van der Waals surface area (Å²) in [4.78, 5) is 9.57. The van der Waals surface area contributed by atoms with Gasteiger partial charge in [-0.25, -0.2) is 0 Å². The molecule has 0 saturated heterocycles. The average Bonchev–Trinajstić information content (AvgIpc) is 2.99. The Hall–Kier alpha value is -1.16. The number of guanidine groups is 1. The molecule has 0 bridgehead atoms. The minimum atomic E-state index is 0. The monoisotopic (exact) mass is 407 g/mol. The fourth-order valence-corrected chi connectivity index (χ4v) is 2.39. The minimum Gasteiger partial charge on any atom is -0.352 e. The zero-order valence-corrected chi connectivity index (χ0v) is 14.8. The number of aliphatic imine (C=N–C) groups is 1. The van der Waals surface area contributed by atoms with Crippen molar-refractivity contribution in [2.24, 2.45) is 4.99 Å². The normalized spacial score (nSPS) is 11.1.